The lowest BCUT2D eigenvalue weighted by Gasteiger charge is -1.96. The molecule has 9 heteroatoms. The molecule has 0 aliphatic rings. The van der Waals surface area contributed by atoms with Crippen LogP contribution in [0.4, 0.5) is 0 Å². The second-order valence-electron chi connectivity index (χ2n) is 6.30. The molecule has 0 fully saturated rings. The number of quaternary nitrogens is 1. The molecule has 0 aromatic heterocycles. The van der Waals surface area contributed by atoms with E-state index in [9.17, 15) is 24.3 Å². The van der Waals surface area contributed by atoms with Gasteiger partial charge in [-0.3, -0.25) is 0 Å². The van der Waals surface area contributed by atoms with Crippen LogP contribution in [0.1, 0.15) is 34.6 Å². The molecule has 0 saturated heterocycles. The normalized spacial score (nSPS) is 7.94. The molecule has 0 aromatic carbocycles. The van der Waals surface area contributed by atoms with Gasteiger partial charge in [0.2, 0.25) is 0 Å². The van der Waals surface area contributed by atoms with Crippen LogP contribution >= 0.6 is 0 Å². The predicted octanol–water partition coefficient (Wildman–Crippen LogP) is 0.670. The van der Waals surface area contributed by atoms with E-state index < -0.39 is 5.97 Å². The largest absolute Gasteiger partial charge is 0.545 e. The van der Waals surface area contributed by atoms with Crippen molar-refractivity contribution in [1.82, 2.24) is 0 Å². The van der Waals surface area contributed by atoms with E-state index in [-0.39, 0.29) is 23.5 Å². The number of carboxylic acid groups (broad SMARTS) is 1. The number of ether oxygens (including phenoxy) is 3. The SMILES string of the molecule is C=C(C)C(=O)OC.C=C(C)C(=O)OCC.C=C(C)C(=O)[O-].C=CC(=O)OCC.C[NH+](C)C. The minimum atomic E-state index is -1.19. The smallest absolute Gasteiger partial charge is 0.333 e. The number of aliphatic carboxylic acids is 1. The molecular formula is C23H41NO8. The molecule has 0 spiro atoms. The Hall–Kier alpha value is -3.20. The number of rotatable bonds is 6. The van der Waals surface area contributed by atoms with Crippen molar-refractivity contribution >= 4 is 23.9 Å². The zero-order valence-corrected chi connectivity index (χ0v) is 21.1. The number of carboxylic acids is 1. The number of hydrogen-bond acceptors (Lipinski definition) is 8. The molecule has 0 unspecified atom stereocenters. The van der Waals surface area contributed by atoms with Gasteiger partial charge in [-0.2, -0.15) is 0 Å². The number of esters is 3. The third-order valence-corrected chi connectivity index (χ3v) is 1.96. The summed E-state index contributed by atoms with van der Waals surface area (Å²) in [6.07, 6.45) is 1.14. The van der Waals surface area contributed by atoms with Crippen molar-refractivity contribution in [1.29, 1.82) is 0 Å². The Morgan fingerprint density at radius 1 is 0.812 bits per heavy atom. The lowest BCUT2D eigenvalue weighted by atomic mass is 10.4. The van der Waals surface area contributed by atoms with Gasteiger partial charge in [-0.05, 0) is 40.2 Å². The second-order valence-corrected chi connectivity index (χ2v) is 6.30. The van der Waals surface area contributed by atoms with Gasteiger partial charge in [-0.25, -0.2) is 14.4 Å². The number of carbonyl (C=O) groups is 4. The molecule has 0 aliphatic heterocycles. The van der Waals surface area contributed by atoms with Gasteiger partial charge in [0.25, 0.3) is 0 Å². The van der Waals surface area contributed by atoms with E-state index >= 15 is 0 Å². The van der Waals surface area contributed by atoms with E-state index in [1.165, 1.54) is 18.9 Å². The highest BCUT2D eigenvalue weighted by molar-refractivity contribution is 5.87. The van der Waals surface area contributed by atoms with Crippen LogP contribution in [0.3, 0.4) is 0 Å². The Bertz CT molecular complexity index is 590. The molecule has 9 nitrogen and oxygen atoms in total. The van der Waals surface area contributed by atoms with E-state index in [4.69, 9.17) is 0 Å². The molecule has 0 aromatic rings. The Kier molecular flexibility index (Phi) is 34.1. The first kappa shape index (κ1) is 39.3. The van der Waals surface area contributed by atoms with Crippen molar-refractivity contribution in [3.8, 4) is 0 Å². The van der Waals surface area contributed by atoms with Crippen molar-refractivity contribution in [3.05, 3.63) is 49.1 Å². The zero-order chi connectivity index (χ0) is 26.9. The summed E-state index contributed by atoms with van der Waals surface area (Å²) >= 11 is 0. The molecule has 32 heavy (non-hydrogen) atoms. The van der Waals surface area contributed by atoms with Crippen molar-refractivity contribution in [2.24, 2.45) is 0 Å². The molecule has 0 amide bonds. The highest BCUT2D eigenvalue weighted by Gasteiger charge is 1.98. The summed E-state index contributed by atoms with van der Waals surface area (Å²) in [5.41, 5.74) is 0.948. The van der Waals surface area contributed by atoms with Crippen LogP contribution in [0.15, 0.2) is 49.1 Å². The van der Waals surface area contributed by atoms with Gasteiger partial charge in [0.05, 0.1) is 47.4 Å². The third kappa shape index (κ3) is 50.5. The molecule has 186 valence electrons. The first-order valence-electron chi connectivity index (χ1n) is 9.54. The van der Waals surface area contributed by atoms with Crippen molar-refractivity contribution in [3.63, 3.8) is 0 Å². The summed E-state index contributed by atoms with van der Waals surface area (Å²) in [6.45, 7) is 22.0. The van der Waals surface area contributed by atoms with Gasteiger partial charge in [0, 0.05) is 17.2 Å². The fourth-order valence-electron chi connectivity index (χ4n) is 0.630. The summed E-state index contributed by atoms with van der Waals surface area (Å²) in [7, 11) is 7.58. The quantitative estimate of drug-likeness (QED) is 0.349. The number of hydrogen-bond donors (Lipinski definition) is 1. The number of nitrogens with one attached hydrogen (secondary N) is 1. The molecule has 0 bridgehead atoms. The maximum Gasteiger partial charge on any atom is 0.333 e. The van der Waals surface area contributed by atoms with E-state index in [1.807, 2.05) is 0 Å². The first-order chi connectivity index (χ1) is 14.5. The Balaban J connectivity index is -0.0000000964. The Labute approximate surface area is 193 Å². The van der Waals surface area contributed by atoms with Crippen molar-refractivity contribution in [2.75, 3.05) is 41.5 Å². The van der Waals surface area contributed by atoms with Crippen LogP contribution in [0, 0.1) is 0 Å². The minimum Gasteiger partial charge on any atom is -0.545 e. The summed E-state index contributed by atoms with van der Waals surface area (Å²) in [6, 6.07) is 0. The van der Waals surface area contributed by atoms with Crippen molar-refractivity contribution < 1.29 is 43.4 Å². The molecule has 0 saturated carbocycles. The summed E-state index contributed by atoms with van der Waals surface area (Å²) in [5, 5.41) is 9.49. The van der Waals surface area contributed by atoms with E-state index in [2.05, 4.69) is 61.7 Å². The zero-order valence-electron chi connectivity index (χ0n) is 21.1. The fraction of sp³-hybridized carbons (Fsp3) is 0.478. The fourth-order valence-corrected chi connectivity index (χ4v) is 0.630. The first-order valence-corrected chi connectivity index (χ1v) is 9.54. The molecule has 1 N–H and O–H groups in total. The van der Waals surface area contributed by atoms with Crippen molar-refractivity contribution in [2.45, 2.75) is 34.6 Å². The van der Waals surface area contributed by atoms with Crippen LogP contribution in [0.25, 0.3) is 0 Å². The summed E-state index contributed by atoms with van der Waals surface area (Å²) in [4.78, 5) is 41.6. The van der Waals surface area contributed by atoms with Gasteiger partial charge >= 0.3 is 17.9 Å². The molecule has 0 rings (SSSR count). The number of carbonyl (C=O) groups excluding carboxylic acids is 4. The minimum absolute atomic E-state index is 0.0648. The number of methoxy groups -OCH3 is 1. The second kappa shape index (κ2) is 27.8. The molecular weight excluding hydrogens is 418 g/mol. The Morgan fingerprint density at radius 2 is 1.12 bits per heavy atom. The third-order valence-electron chi connectivity index (χ3n) is 1.96. The highest BCUT2D eigenvalue weighted by Crippen LogP contribution is 1.89. The lowest BCUT2D eigenvalue weighted by molar-refractivity contribution is -0.836. The van der Waals surface area contributed by atoms with Crippen LogP contribution in [-0.2, 0) is 33.4 Å². The van der Waals surface area contributed by atoms with Gasteiger partial charge < -0.3 is 29.0 Å². The molecule has 0 heterocycles. The lowest BCUT2D eigenvalue weighted by Crippen LogP contribution is -3.02. The maximum atomic E-state index is 10.4. The highest BCUT2D eigenvalue weighted by atomic mass is 16.5. The maximum absolute atomic E-state index is 10.4. The Morgan fingerprint density at radius 3 is 1.19 bits per heavy atom. The predicted molar refractivity (Wildman–Crippen MR) is 124 cm³/mol. The summed E-state index contributed by atoms with van der Waals surface area (Å²) in [5.74, 6) is -2.20. The summed E-state index contributed by atoms with van der Waals surface area (Å²) < 4.78 is 13.3. The molecule has 0 atom stereocenters. The average molecular weight is 460 g/mol. The van der Waals surface area contributed by atoms with E-state index in [0.29, 0.717) is 24.4 Å². The monoisotopic (exact) mass is 459 g/mol. The van der Waals surface area contributed by atoms with E-state index in [1.54, 1.807) is 27.7 Å². The van der Waals surface area contributed by atoms with Gasteiger partial charge in [-0.15, -0.1) is 0 Å². The average Bonchev–Trinajstić information content (AvgIpc) is 2.68. The van der Waals surface area contributed by atoms with Crippen LogP contribution < -0.4 is 10.0 Å². The van der Waals surface area contributed by atoms with Crippen LogP contribution in [0.2, 0.25) is 0 Å². The molecule has 0 radical (unpaired) electrons. The van der Waals surface area contributed by atoms with Crippen LogP contribution in [-0.4, -0.2) is 65.3 Å². The standard InChI is InChI=1S/C6H10O2.2C5H8O2.C4H6O2.C3H9N/c1-4-8-6(7)5(2)3;1-4(2)5(6)7-3;1-3-5(6)7-4-2;1-3(2)4(5)6;1-4(2)3/h2,4H2,1,3H3;1H2,2-3H3;3H,1,4H2,2H3;1H2,2H3,(H,5,6);1-3H3. The molecule has 0 aliphatic carbocycles. The van der Waals surface area contributed by atoms with Gasteiger partial charge in [0.1, 0.15) is 0 Å². The van der Waals surface area contributed by atoms with Crippen LogP contribution in [0.5, 0.6) is 0 Å². The topological polar surface area (TPSA) is 123 Å². The van der Waals surface area contributed by atoms with Gasteiger partial charge in [-0.1, -0.05) is 26.3 Å². The van der Waals surface area contributed by atoms with Gasteiger partial charge in [0.15, 0.2) is 0 Å². The van der Waals surface area contributed by atoms with E-state index in [0.717, 1.165) is 6.08 Å².